The quantitative estimate of drug-likeness (QED) is 0.0344. The number of aliphatic hydroxyl groups excluding tert-OH is 2. The van der Waals surface area contributed by atoms with Gasteiger partial charge in [0.15, 0.2) is 5.75 Å². The van der Waals surface area contributed by atoms with Crippen molar-refractivity contribution in [2.45, 2.75) is 92.1 Å². The summed E-state index contributed by atoms with van der Waals surface area (Å²) in [6.45, 7) is 12.8. The number of esters is 1. The highest BCUT2D eigenvalue weighted by Gasteiger charge is 2.50. The number of carbonyl (C=O) groups excluding carboxylic acids is 3. The molecule has 4 aromatic rings. The summed E-state index contributed by atoms with van der Waals surface area (Å²) >= 11 is 0. The minimum Gasteiger partial charge on any atom is -0.507 e. The molecule has 0 aromatic heterocycles. The average molecular weight is 906 g/mol. The Labute approximate surface area is 384 Å². The number of rotatable bonds is 7. The molecule has 15 heteroatoms. The zero-order valence-corrected chi connectivity index (χ0v) is 38.6. The molecule has 0 aliphatic carbocycles. The normalized spacial score (nSPS) is 28.0. The standard InChI is InChI=1S/C51H59N3O12/c1-27-17-16-18-28(2)50(62)53-41-36(25-52-54(35-21-14-11-15-22-35)26-34-19-12-10-13-20-34)45(59)38-39(46(41)60)44(58)32(6)48-40(38)49(61)51(8,66-48)64-24-23-37(63-9)29(3)47(65-33(7)55)31(5)43(57)30(4)42(27)56/h10-25,27,29-31,37,42-43,47,56-60H,26H2,1-9H3,(H,53,62)/b17-16+,24-23+,28-18+,52-25-. The van der Waals surface area contributed by atoms with Crippen LogP contribution in [0.2, 0.25) is 0 Å². The van der Waals surface area contributed by atoms with Crippen molar-refractivity contribution in [1.29, 1.82) is 0 Å². The molecule has 9 unspecified atom stereocenters. The molecule has 66 heavy (non-hydrogen) atoms. The summed E-state index contributed by atoms with van der Waals surface area (Å²) in [5.74, 6) is -8.68. The van der Waals surface area contributed by atoms with E-state index in [9.17, 15) is 39.9 Å². The smallest absolute Gasteiger partial charge is 0.312 e. The number of aromatic hydroxyl groups is 3. The molecule has 0 saturated carbocycles. The van der Waals surface area contributed by atoms with E-state index in [2.05, 4.69) is 5.32 Å². The number of Topliss-reactive ketones (excluding diaryl/α,β-unsaturated/α-hetero) is 1. The van der Waals surface area contributed by atoms with Gasteiger partial charge in [0.2, 0.25) is 0 Å². The van der Waals surface area contributed by atoms with Gasteiger partial charge in [-0.05, 0) is 37.6 Å². The maximum absolute atomic E-state index is 14.6. The number of hydrogen-bond donors (Lipinski definition) is 6. The second-order valence-electron chi connectivity index (χ2n) is 17.2. The van der Waals surface area contributed by atoms with Gasteiger partial charge < -0.3 is 49.8 Å². The predicted molar refractivity (Wildman–Crippen MR) is 250 cm³/mol. The summed E-state index contributed by atoms with van der Waals surface area (Å²) in [4.78, 5) is 41.1. The van der Waals surface area contributed by atoms with E-state index in [4.69, 9.17) is 24.0 Å². The van der Waals surface area contributed by atoms with Crippen LogP contribution in [0, 0.1) is 30.6 Å². The van der Waals surface area contributed by atoms with Gasteiger partial charge in [0.05, 0.1) is 65.2 Å². The van der Waals surface area contributed by atoms with Crippen molar-refractivity contribution in [3.05, 3.63) is 119 Å². The lowest BCUT2D eigenvalue weighted by molar-refractivity contribution is -0.160. The highest BCUT2D eigenvalue weighted by Crippen LogP contribution is 2.55. The third-order valence-corrected chi connectivity index (χ3v) is 12.6. The molecule has 4 aromatic carbocycles. The number of nitrogens with one attached hydrogen (secondary N) is 1. The number of hydrazone groups is 1. The average Bonchev–Trinajstić information content (AvgIpc) is 3.57. The lowest BCUT2D eigenvalue weighted by Gasteiger charge is -2.38. The molecule has 350 valence electrons. The number of amides is 1. The topological polar surface area (TPSA) is 217 Å². The highest BCUT2D eigenvalue weighted by atomic mass is 16.7. The number of phenolic OH excluding ortho intramolecular Hbond substituents is 3. The third-order valence-electron chi connectivity index (χ3n) is 12.6. The summed E-state index contributed by atoms with van der Waals surface area (Å²) in [6.07, 6.45) is 4.72. The van der Waals surface area contributed by atoms with Crippen LogP contribution in [0.15, 0.2) is 102 Å². The highest BCUT2D eigenvalue weighted by molar-refractivity contribution is 6.24. The maximum atomic E-state index is 14.6. The van der Waals surface area contributed by atoms with E-state index in [0.717, 1.165) is 5.56 Å². The molecule has 9 atom stereocenters. The van der Waals surface area contributed by atoms with Crippen molar-refractivity contribution in [3.63, 3.8) is 0 Å². The number of nitrogens with zero attached hydrogens (tertiary/aromatic N) is 2. The minimum atomic E-state index is -2.08. The van der Waals surface area contributed by atoms with Gasteiger partial charge in [-0.2, -0.15) is 5.10 Å². The summed E-state index contributed by atoms with van der Waals surface area (Å²) in [6, 6.07) is 18.7. The van der Waals surface area contributed by atoms with E-state index >= 15 is 0 Å². The van der Waals surface area contributed by atoms with Crippen LogP contribution in [0.3, 0.4) is 0 Å². The summed E-state index contributed by atoms with van der Waals surface area (Å²) in [7, 11) is 1.43. The van der Waals surface area contributed by atoms with Gasteiger partial charge in [-0.15, -0.1) is 0 Å². The number of para-hydroxylation sites is 1. The van der Waals surface area contributed by atoms with Crippen LogP contribution < -0.4 is 15.1 Å². The van der Waals surface area contributed by atoms with Crippen LogP contribution >= 0.6 is 0 Å². The predicted octanol–water partition coefficient (Wildman–Crippen LogP) is 7.79. The monoisotopic (exact) mass is 905 g/mol. The number of allylic oxidation sites excluding steroid dienone is 2. The number of hydrogen-bond acceptors (Lipinski definition) is 14. The van der Waals surface area contributed by atoms with E-state index in [1.165, 1.54) is 59.4 Å². The van der Waals surface area contributed by atoms with E-state index in [1.54, 1.807) is 44.9 Å². The van der Waals surface area contributed by atoms with Crippen LogP contribution in [0.4, 0.5) is 11.4 Å². The van der Waals surface area contributed by atoms with Crippen LogP contribution in [0.25, 0.3) is 10.8 Å². The molecule has 0 spiro atoms. The van der Waals surface area contributed by atoms with Crippen LogP contribution in [-0.4, -0.2) is 86.7 Å². The van der Waals surface area contributed by atoms with Gasteiger partial charge in [-0.1, -0.05) is 94.5 Å². The first-order chi connectivity index (χ1) is 31.3. The number of aliphatic hydroxyl groups is 2. The van der Waals surface area contributed by atoms with Gasteiger partial charge in [0, 0.05) is 61.2 Å². The van der Waals surface area contributed by atoms with Crippen LogP contribution in [0.1, 0.15) is 75.5 Å². The number of ketones is 1. The second kappa shape index (κ2) is 20.2. The molecule has 5 bridgehead atoms. The van der Waals surface area contributed by atoms with Crippen LogP contribution in [-0.2, 0) is 30.3 Å². The zero-order valence-electron chi connectivity index (χ0n) is 38.6. The molecule has 15 nitrogen and oxygen atoms in total. The number of anilines is 2. The zero-order chi connectivity index (χ0) is 48.2. The molecule has 3 aliphatic rings. The SMILES string of the molecule is COC1/C=C/OC2(C)Oc3c(C)c(O)c4c(O)c(c(/C=N\N(Cc5ccccc5)c5ccccc5)c(O)c4c3C2=O)NC(=O)/C(C)=C/C=C/C(C)C(O)C(C)C(O)C(C)C(OC(C)=O)C1C. The maximum Gasteiger partial charge on any atom is 0.312 e. The number of benzene rings is 4. The van der Waals surface area contributed by atoms with E-state index in [-0.39, 0.29) is 51.0 Å². The summed E-state index contributed by atoms with van der Waals surface area (Å²) < 4.78 is 23.8. The van der Waals surface area contributed by atoms with Crippen molar-refractivity contribution in [1.82, 2.24) is 0 Å². The Morgan fingerprint density at radius 3 is 2.17 bits per heavy atom. The molecule has 1 amide bonds. The van der Waals surface area contributed by atoms with Gasteiger partial charge in [0.25, 0.3) is 11.7 Å². The lowest BCUT2D eigenvalue weighted by Crippen LogP contribution is -2.46. The van der Waals surface area contributed by atoms with E-state index < -0.39 is 88.8 Å². The Morgan fingerprint density at radius 2 is 1.53 bits per heavy atom. The Morgan fingerprint density at radius 1 is 0.879 bits per heavy atom. The molecule has 7 rings (SSSR count). The fourth-order valence-corrected chi connectivity index (χ4v) is 8.56. The second-order valence-corrected chi connectivity index (χ2v) is 17.2. The number of fused-ring (bicyclic) bond motifs is 14. The molecule has 0 fully saturated rings. The Balaban J connectivity index is 1.56. The fourth-order valence-electron chi connectivity index (χ4n) is 8.56. The first kappa shape index (κ1) is 48.8. The first-order valence-corrected chi connectivity index (χ1v) is 21.8. The molecular weight excluding hydrogens is 847 g/mol. The van der Waals surface area contributed by atoms with Gasteiger partial charge in [-0.25, -0.2) is 0 Å². The molecule has 6 N–H and O–H groups in total. The fraction of sp³-hybridized carbons (Fsp3) is 0.373. The molecule has 3 aliphatic heterocycles. The third kappa shape index (κ3) is 9.78. The summed E-state index contributed by atoms with van der Waals surface area (Å²) in [5, 5.41) is 67.8. The minimum absolute atomic E-state index is 0.0334. The first-order valence-electron chi connectivity index (χ1n) is 21.8. The van der Waals surface area contributed by atoms with Crippen molar-refractivity contribution >= 4 is 46.0 Å². The molecular formula is C51H59N3O12. The Hall–Kier alpha value is -6.68. The summed E-state index contributed by atoms with van der Waals surface area (Å²) in [5.41, 5.74) is 1.02. The molecule has 3 heterocycles. The number of methoxy groups -OCH3 is 1. The van der Waals surface area contributed by atoms with E-state index in [0.29, 0.717) is 5.69 Å². The van der Waals surface area contributed by atoms with Crippen molar-refractivity contribution in [2.75, 3.05) is 17.4 Å². The number of carbonyl (C=O) groups is 3. The lowest BCUT2D eigenvalue weighted by atomic mass is 9.78. The van der Waals surface area contributed by atoms with Crippen molar-refractivity contribution in [3.8, 4) is 23.0 Å². The van der Waals surface area contributed by atoms with Crippen LogP contribution in [0.5, 0.6) is 23.0 Å². The van der Waals surface area contributed by atoms with E-state index in [1.807, 2.05) is 60.7 Å². The molecule has 0 radical (unpaired) electrons. The van der Waals surface area contributed by atoms with Crippen molar-refractivity contribution < 1.29 is 58.9 Å². The molecule has 0 saturated heterocycles. The van der Waals surface area contributed by atoms with Gasteiger partial charge in [0.1, 0.15) is 23.4 Å². The number of ether oxygens (including phenoxy) is 4. The number of phenols is 3. The Bertz CT molecular complexity index is 2580. The van der Waals surface area contributed by atoms with Gasteiger partial charge >= 0.3 is 11.8 Å². The Kier molecular flexibility index (Phi) is 14.9. The largest absolute Gasteiger partial charge is 0.507 e. The van der Waals surface area contributed by atoms with Crippen molar-refractivity contribution in [2.24, 2.45) is 28.8 Å². The van der Waals surface area contributed by atoms with Gasteiger partial charge in [-0.3, -0.25) is 19.4 Å².